The molecule has 0 atom stereocenters. The summed E-state index contributed by atoms with van der Waals surface area (Å²) in [5.41, 5.74) is 5.15. The lowest BCUT2D eigenvalue weighted by Gasteiger charge is -2.33. The summed E-state index contributed by atoms with van der Waals surface area (Å²) in [4.78, 5) is 54.1. The number of carbonyl (C=O) groups excluding carboxylic acids is 4. The second kappa shape index (κ2) is 51.3. The third-order valence-corrected chi connectivity index (χ3v) is 32.9. The number of carbonyl (C=O) groups is 4. The number of benzene rings is 8. The van der Waals surface area contributed by atoms with Crippen LogP contribution in [0.1, 0.15) is 168 Å². The maximum absolute atomic E-state index is 13.6. The second-order valence-electron chi connectivity index (χ2n) is 36.3. The second-order valence-corrected chi connectivity index (χ2v) is 46.1. The highest BCUT2D eigenvalue weighted by atomic mass is 35.5. The molecule has 7 N–H and O–H groups in total. The molecular weight excluding hydrogens is 1960 g/mol. The molecule has 41 heteroatoms. The largest absolute Gasteiger partial charge is 0.456 e. The van der Waals surface area contributed by atoms with E-state index in [0.717, 1.165) is 84.5 Å². The molecule has 1 aliphatic carbocycles. The van der Waals surface area contributed by atoms with Crippen LogP contribution in [-0.4, -0.2) is 215 Å². The van der Waals surface area contributed by atoms with Gasteiger partial charge in [-0.15, -0.1) is 0 Å². The Bertz CT molecular complexity index is 6350. The van der Waals surface area contributed by atoms with Crippen molar-refractivity contribution in [3.05, 3.63) is 211 Å². The van der Waals surface area contributed by atoms with E-state index >= 15 is 0 Å². The number of rotatable bonds is 26. The SMILES string of the molecule is CCCNC(=O)NC1CCN(S(=O)(=O)c2cc(C#N)ccc2Oc2cc(C)cc(Cl)c2)CC1.Cc1cc(C)cc(Sc2ccc(C#N)cc2S(=O)(=O)NC2CCN(C(=O)OC(C)(C)C)CC2)c1.Cc1cc(Cl)cc(Oc2ccc(C#N)cc2S(=O)(=O)N2CCC(NC(=O)NC3CCCCC3)CC2)c1.Cc1cc(Cl)cc(Oc2ccc(C#N)cc2S(=O)(=O)N2CCC(NC(=O)NCCN3CCOCC3)CC2)c1. The number of nitrogens with zero attached hydrogens (tertiary/aromatic N) is 9. The molecular formula is C100H121Cl3N16O17S5. The number of ether oxygens (including phenoxy) is 5. The zero-order chi connectivity index (χ0) is 102. The number of amides is 7. The van der Waals surface area contributed by atoms with Crippen molar-refractivity contribution in [1.29, 1.82) is 21.0 Å². The lowest BCUT2D eigenvalue weighted by molar-refractivity contribution is 0.0203. The Hall–Kier alpha value is -11.0. The van der Waals surface area contributed by atoms with Crippen molar-refractivity contribution < 1.29 is 76.5 Å². The number of hydrogen-bond donors (Lipinski definition) is 7. The average Bonchev–Trinajstić information content (AvgIpc) is 0.764. The number of likely N-dealkylation sites (tertiary alicyclic amines) is 1. The number of nitriles is 4. The number of hydrogen-bond acceptors (Lipinski definition) is 23. The van der Waals surface area contributed by atoms with Gasteiger partial charge in [-0.1, -0.05) is 78.8 Å². The Morgan fingerprint density at radius 1 is 0.418 bits per heavy atom. The van der Waals surface area contributed by atoms with Gasteiger partial charge in [-0.05, 0) is 293 Å². The van der Waals surface area contributed by atoms with Crippen LogP contribution in [0, 0.1) is 79.9 Å². The van der Waals surface area contributed by atoms with Gasteiger partial charge in [0.2, 0.25) is 40.1 Å². The summed E-state index contributed by atoms with van der Waals surface area (Å²) in [6.45, 7) is 24.3. The van der Waals surface area contributed by atoms with Crippen molar-refractivity contribution in [2.24, 2.45) is 0 Å². The highest BCUT2D eigenvalue weighted by Crippen LogP contribution is 2.41. The normalized spacial score (nSPS) is 16.4. The van der Waals surface area contributed by atoms with Crippen LogP contribution < -0.4 is 50.8 Å². The molecule has 0 spiro atoms. The van der Waals surface area contributed by atoms with Crippen LogP contribution in [0.5, 0.6) is 34.5 Å². The van der Waals surface area contributed by atoms with Gasteiger partial charge in [0.15, 0.2) is 0 Å². The van der Waals surface area contributed by atoms with Gasteiger partial charge in [-0.3, -0.25) is 4.90 Å². The van der Waals surface area contributed by atoms with Crippen molar-refractivity contribution >= 4 is 111 Å². The molecule has 8 aromatic rings. The molecule has 6 aliphatic rings. The molecule has 6 fully saturated rings. The lowest BCUT2D eigenvalue weighted by atomic mass is 9.96. The van der Waals surface area contributed by atoms with E-state index in [0.29, 0.717) is 128 Å². The Balaban J connectivity index is 0.000000180. The van der Waals surface area contributed by atoms with E-state index in [9.17, 15) is 73.9 Å². The maximum Gasteiger partial charge on any atom is 0.410 e. The number of morpholine rings is 1. The fourth-order valence-corrected chi connectivity index (χ4v) is 25.3. The van der Waals surface area contributed by atoms with Crippen molar-refractivity contribution in [2.45, 2.75) is 217 Å². The zero-order valence-electron chi connectivity index (χ0n) is 80.4. The zero-order valence-corrected chi connectivity index (χ0v) is 86.7. The first-order valence-electron chi connectivity index (χ1n) is 46.8. The van der Waals surface area contributed by atoms with Crippen molar-refractivity contribution in [3.8, 4) is 58.8 Å². The molecule has 0 bridgehead atoms. The summed E-state index contributed by atoms with van der Waals surface area (Å²) in [7, 11) is -15.7. The van der Waals surface area contributed by atoms with Gasteiger partial charge >= 0.3 is 24.2 Å². The summed E-state index contributed by atoms with van der Waals surface area (Å²) in [5.74, 6) is 1.58. The van der Waals surface area contributed by atoms with Gasteiger partial charge in [0.05, 0.1) is 64.6 Å². The summed E-state index contributed by atoms with van der Waals surface area (Å²) < 4.78 is 144. The minimum Gasteiger partial charge on any atom is -0.456 e. The van der Waals surface area contributed by atoms with Gasteiger partial charge in [0.1, 0.15) is 54.8 Å². The van der Waals surface area contributed by atoms with Gasteiger partial charge in [-0.25, -0.2) is 57.6 Å². The van der Waals surface area contributed by atoms with E-state index in [1.165, 1.54) is 91.8 Å². The van der Waals surface area contributed by atoms with Crippen molar-refractivity contribution in [3.63, 3.8) is 0 Å². The van der Waals surface area contributed by atoms with E-state index < -0.39 is 45.7 Å². The van der Waals surface area contributed by atoms with Gasteiger partial charge in [0.25, 0.3) is 0 Å². The predicted octanol–water partition coefficient (Wildman–Crippen LogP) is 17.4. The summed E-state index contributed by atoms with van der Waals surface area (Å²) >= 11 is 19.7. The topological polar surface area (TPSA) is 447 Å². The van der Waals surface area contributed by atoms with Crippen LogP contribution in [0.2, 0.25) is 15.1 Å². The molecule has 7 amide bonds. The van der Waals surface area contributed by atoms with Crippen LogP contribution in [0.3, 0.4) is 0 Å². The summed E-state index contributed by atoms with van der Waals surface area (Å²) in [6.07, 6.45) is 9.83. The monoisotopic (exact) mass is 2080 g/mol. The first-order chi connectivity index (χ1) is 67.1. The Morgan fingerprint density at radius 3 is 1.13 bits per heavy atom. The molecule has 5 saturated heterocycles. The van der Waals surface area contributed by atoms with Crippen LogP contribution in [-0.2, 0) is 49.6 Å². The molecule has 33 nitrogen and oxygen atoms in total. The van der Waals surface area contributed by atoms with Crippen molar-refractivity contribution in [1.82, 2.24) is 59.3 Å². The van der Waals surface area contributed by atoms with Gasteiger partial charge < -0.3 is 60.5 Å². The molecule has 1 saturated carbocycles. The molecule has 5 heterocycles. The third-order valence-electron chi connectivity index (χ3n) is 23.7. The third kappa shape index (κ3) is 33.0. The number of nitrogens with one attached hydrogen (secondary N) is 7. The van der Waals surface area contributed by atoms with Crippen LogP contribution in [0.4, 0.5) is 19.2 Å². The fraction of sp³-hybridized carbons (Fsp3) is 0.440. The standard InChI is InChI=1S/C26H32ClN5O5S.C26H31ClN4O4S.C25H31N3O4S2.C23H27ClN4O4S/c1-19-14-21(27)17-23(15-19)37-24-3-2-20(18-28)16-25(24)38(34,35)32-7-4-22(5-8-32)30-26(33)29-6-9-31-10-12-36-13-11-31;1-18-13-20(27)16-23(14-18)35-24-8-7-19(17-28)15-25(24)36(33,34)31-11-9-22(10-12-31)30-26(32)29-21-5-3-2-4-6-21;1-17-12-18(2)14-21(13-17)33-22-7-6-19(16-26)15-23(22)34(30,31)27-20-8-10-28(11-9-20)24(29)32-25(3,4)5;1-3-8-26-23(29)27-19-6-9-28(10-7-19)33(30,31)22-13-17(15-25)4-5-21(22)32-20-12-16(2)11-18(24)14-20/h2-3,14-17,22H,4-13H2,1H3,(H2,29,30,33);7-8,13-16,21-22H,2-6,9-12H2,1H3,(H2,29,30,32);6-7,12-15,20,27H,8-11H2,1-5H3;4-5,11-14,19H,3,6-10H2,1-2H3,(H2,26,27,29). The Morgan fingerprint density at radius 2 is 0.766 bits per heavy atom. The first-order valence-corrected chi connectivity index (χ1v) is 54.6. The van der Waals surface area contributed by atoms with Gasteiger partial charge in [-0.2, -0.15) is 34.0 Å². The van der Waals surface area contributed by atoms with Gasteiger partial charge in [0, 0.05) is 140 Å². The predicted molar refractivity (Wildman–Crippen MR) is 539 cm³/mol. The summed E-state index contributed by atoms with van der Waals surface area (Å²) in [6, 6.07) is 46.1. The number of urea groups is 3. The minimum atomic E-state index is -3.96. The molecule has 141 heavy (non-hydrogen) atoms. The first kappa shape index (κ1) is 110. The highest BCUT2D eigenvalue weighted by molar-refractivity contribution is 8.00. The maximum atomic E-state index is 13.6. The molecule has 14 rings (SSSR count). The quantitative estimate of drug-likeness (QED) is 0.0265. The van der Waals surface area contributed by atoms with Crippen LogP contribution in [0.25, 0.3) is 0 Å². The number of piperidine rings is 4. The Labute approximate surface area is 846 Å². The smallest absolute Gasteiger partial charge is 0.410 e. The van der Waals surface area contributed by atoms with E-state index in [2.05, 4.69) is 47.6 Å². The van der Waals surface area contributed by atoms with Crippen LogP contribution in [0.15, 0.2) is 175 Å². The van der Waals surface area contributed by atoms with Crippen molar-refractivity contribution in [2.75, 3.05) is 98.3 Å². The van der Waals surface area contributed by atoms with Crippen LogP contribution >= 0.6 is 46.6 Å². The minimum absolute atomic E-state index is 0.0689. The molecule has 0 aromatic heterocycles. The number of aryl methyl sites for hydroxylation is 5. The molecule has 8 aromatic carbocycles. The molecule has 5 aliphatic heterocycles. The number of sulfonamides is 4. The average molecular weight is 2090 g/mol. The number of halogens is 3. The van der Waals surface area contributed by atoms with E-state index in [1.54, 1.807) is 71.6 Å². The summed E-state index contributed by atoms with van der Waals surface area (Å²) in [5, 5.41) is 56.3. The molecule has 0 radical (unpaired) electrons. The highest BCUT2D eigenvalue weighted by Gasteiger charge is 2.38. The molecule has 754 valence electrons. The lowest BCUT2D eigenvalue weighted by Crippen LogP contribution is -2.51. The fourth-order valence-electron chi connectivity index (χ4n) is 16.7. The molecule has 0 unspecified atom stereocenters. The Kier molecular flexibility index (Phi) is 40.1. The van der Waals surface area contributed by atoms with E-state index in [-0.39, 0.29) is 153 Å². The van der Waals surface area contributed by atoms with E-state index in [1.807, 2.05) is 98.7 Å². The van der Waals surface area contributed by atoms with E-state index in [4.69, 9.17) is 58.5 Å².